The van der Waals surface area contributed by atoms with Crippen LogP contribution in [-0.2, 0) is 21.3 Å². The fourth-order valence-electron chi connectivity index (χ4n) is 2.91. The highest BCUT2D eigenvalue weighted by Gasteiger charge is 2.20. The van der Waals surface area contributed by atoms with E-state index in [-0.39, 0.29) is 23.1 Å². The van der Waals surface area contributed by atoms with Crippen molar-refractivity contribution in [2.24, 2.45) is 0 Å². The molecular formula is C19H22N2O5S. The van der Waals surface area contributed by atoms with Crippen LogP contribution in [0.4, 0.5) is 5.69 Å². The highest BCUT2D eigenvalue weighted by Crippen LogP contribution is 2.22. The molecule has 144 valence electrons. The highest BCUT2D eigenvalue weighted by atomic mass is 32.2. The molecule has 1 atom stereocenters. The zero-order valence-corrected chi connectivity index (χ0v) is 15.5. The quantitative estimate of drug-likeness (QED) is 0.640. The first-order valence-corrected chi connectivity index (χ1v) is 10.2. The lowest BCUT2D eigenvalue weighted by Crippen LogP contribution is -2.24. The molecule has 3 N–H and O–H groups in total. The summed E-state index contributed by atoms with van der Waals surface area (Å²) in [6, 6.07) is 13.2. The third-order valence-electron chi connectivity index (χ3n) is 4.39. The van der Waals surface area contributed by atoms with E-state index in [9.17, 15) is 18.3 Å². The highest BCUT2D eigenvalue weighted by molar-refractivity contribution is 7.89. The van der Waals surface area contributed by atoms with Gasteiger partial charge in [-0.1, -0.05) is 30.3 Å². The number of hydrogen-bond donors (Lipinski definition) is 3. The number of carboxylic acid groups (broad SMARTS) is 1. The minimum Gasteiger partial charge on any atom is -0.478 e. The summed E-state index contributed by atoms with van der Waals surface area (Å²) in [4.78, 5) is 11.5. The van der Waals surface area contributed by atoms with Crippen molar-refractivity contribution in [2.75, 3.05) is 18.5 Å². The second-order valence-electron chi connectivity index (χ2n) is 6.34. The van der Waals surface area contributed by atoms with Crippen LogP contribution in [0.2, 0.25) is 0 Å². The van der Waals surface area contributed by atoms with E-state index < -0.39 is 16.0 Å². The maximum atomic E-state index is 12.5. The molecule has 1 saturated heterocycles. The number of anilines is 1. The van der Waals surface area contributed by atoms with Crippen molar-refractivity contribution in [3.63, 3.8) is 0 Å². The van der Waals surface area contributed by atoms with Gasteiger partial charge < -0.3 is 15.2 Å². The van der Waals surface area contributed by atoms with Crippen molar-refractivity contribution in [1.82, 2.24) is 4.72 Å². The molecule has 1 aliphatic heterocycles. The molecule has 0 aromatic heterocycles. The molecule has 3 rings (SSSR count). The first-order chi connectivity index (χ1) is 13.0. The molecular weight excluding hydrogens is 368 g/mol. The second kappa shape index (κ2) is 8.51. The topological polar surface area (TPSA) is 105 Å². The van der Waals surface area contributed by atoms with Crippen LogP contribution in [0.5, 0.6) is 0 Å². The van der Waals surface area contributed by atoms with Gasteiger partial charge in [-0.05, 0) is 36.6 Å². The predicted molar refractivity (Wildman–Crippen MR) is 101 cm³/mol. The Balaban J connectivity index is 1.74. The van der Waals surface area contributed by atoms with E-state index in [0.29, 0.717) is 18.8 Å². The molecule has 8 heteroatoms. The van der Waals surface area contributed by atoms with Crippen LogP contribution in [0.1, 0.15) is 28.8 Å². The Bertz CT molecular complexity index is 894. The number of rotatable bonds is 8. The Morgan fingerprint density at radius 3 is 2.63 bits per heavy atom. The first-order valence-electron chi connectivity index (χ1n) is 8.72. The lowest BCUT2D eigenvalue weighted by atomic mass is 10.1. The van der Waals surface area contributed by atoms with Crippen molar-refractivity contribution in [1.29, 1.82) is 0 Å². The van der Waals surface area contributed by atoms with Crippen LogP contribution < -0.4 is 10.0 Å². The van der Waals surface area contributed by atoms with Crippen molar-refractivity contribution >= 4 is 21.7 Å². The Morgan fingerprint density at radius 2 is 1.96 bits per heavy atom. The SMILES string of the molecule is O=C(O)c1cc(S(=O)(=O)NCc2ccccc2)ccc1NC[C@@H]1CCCO1. The van der Waals surface area contributed by atoms with Gasteiger partial charge >= 0.3 is 5.97 Å². The molecule has 1 fully saturated rings. The second-order valence-corrected chi connectivity index (χ2v) is 8.11. The summed E-state index contributed by atoms with van der Waals surface area (Å²) in [5, 5.41) is 12.5. The molecule has 0 radical (unpaired) electrons. The smallest absolute Gasteiger partial charge is 0.337 e. The van der Waals surface area contributed by atoms with E-state index in [1.54, 1.807) is 0 Å². The lowest BCUT2D eigenvalue weighted by molar-refractivity contribution is 0.0697. The van der Waals surface area contributed by atoms with E-state index in [2.05, 4.69) is 10.0 Å². The molecule has 1 aliphatic rings. The fraction of sp³-hybridized carbons (Fsp3) is 0.316. The number of nitrogens with one attached hydrogen (secondary N) is 2. The van der Waals surface area contributed by atoms with Gasteiger partial charge in [0.2, 0.25) is 10.0 Å². The van der Waals surface area contributed by atoms with Crippen LogP contribution in [0, 0.1) is 0 Å². The van der Waals surface area contributed by atoms with Gasteiger partial charge in [-0.3, -0.25) is 0 Å². The minimum atomic E-state index is -3.83. The monoisotopic (exact) mass is 390 g/mol. The van der Waals surface area contributed by atoms with Gasteiger partial charge in [0.05, 0.1) is 16.6 Å². The average Bonchev–Trinajstić information content (AvgIpc) is 3.19. The standard InChI is InChI=1S/C19H22N2O5S/c22-19(23)17-11-16(8-9-18(17)20-13-15-7-4-10-26-15)27(24,25)21-12-14-5-2-1-3-6-14/h1-3,5-6,8-9,11,15,20-21H,4,7,10,12-13H2,(H,22,23)/t15-/m0/s1. The molecule has 0 unspecified atom stereocenters. The van der Waals surface area contributed by atoms with Gasteiger partial charge in [-0.25, -0.2) is 17.9 Å². The van der Waals surface area contributed by atoms with E-state index >= 15 is 0 Å². The molecule has 0 saturated carbocycles. The maximum Gasteiger partial charge on any atom is 0.337 e. The fourth-order valence-corrected chi connectivity index (χ4v) is 3.95. The first kappa shape index (κ1) is 19.3. The molecule has 27 heavy (non-hydrogen) atoms. The molecule has 1 heterocycles. The summed E-state index contributed by atoms with van der Waals surface area (Å²) in [5.74, 6) is -1.19. The summed E-state index contributed by atoms with van der Waals surface area (Å²) in [6.45, 7) is 1.33. The summed E-state index contributed by atoms with van der Waals surface area (Å²) >= 11 is 0. The maximum absolute atomic E-state index is 12.5. The number of sulfonamides is 1. The van der Waals surface area contributed by atoms with Gasteiger partial charge in [0.15, 0.2) is 0 Å². The zero-order chi connectivity index (χ0) is 19.3. The van der Waals surface area contributed by atoms with Gasteiger partial charge in [0, 0.05) is 25.4 Å². The summed E-state index contributed by atoms with van der Waals surface area (Å²) in [5.41, 5.74) is 1.10. The van der Waals surface area contributed by atoms with Crippen LogP contribution >= 0.6 is 0 Å². The van der Waals surface area contributed by atoms with Crippen molar-refractivity contribution in [3.05, 3.63) is 59.7 Å². The van der Waals surface area contributed by atoms with Gasteiger partial charge in [-0.15, -0.1) is 0 Å². The summed E-state index contributed by atoms with van der Waals surface area (Å²) < 4.78 is 33.0. The van der Waals surface area contributed by atoms with Gasteiger partial charge in [0.1, 0.15) is 0 Å². The number of benzene rings is 2. The van der Waals surface area contributed by atoms with E-state index in [1.165, 1.54) is 18.2 Å². The zero-order valence-electron chi connectivity index (χ0n) is 14.7. The molecule has 7 nitrogen and oxygen atoms in total. The Kier molecular flexibility index (Phi) is 6.10. The number of carboxylic acids is 1. The van der Waals surface area contributed by atoms with Crippen molar-refractivity contribution in [2.45, 2.75) is 30.4 Å². The van der Waals surface area contributed by atoms with Crippen LogP contribution in [0.15, 0.2) is 53.4 Å². The molecule has 0 spiro atoms. The Hall–Kier alpha value is -2.42. The van der Waals surface area contributed by atoms with Crippen LogP contribution in [0.25, 0.3) is 0 Å². The molecule has 0 bridgehead atoms. The van der Waals surface area contributed by atoms with E-state index in [0.717, 1.165) is 18.4 Å². The lowest BCUT2D eigenvalue weighted by Gasteiger charge is -2.15. The molecule has 2 aromatic carbocycles. The number of carbonyl (C=O) groups is 1. The largest absolute Gasteiger partial charge is 0.478 e. The van der Waals surface area contributed by atoms with E-state index in [4.69, 9.17) is 4.74 Å². The third kappa shape index (κ3) is 5.06. The van der Waals surface area contributed by atoms with E-state index in [1.807, 2.05) is 30.3 Å². The minimum absolute atomic E-state index is 0.0441. The Morgan fingerprint density at radius 1 is 1.19 bits per heavy atom. The molecule has 0 amide bonds. The molecule has 2 aromatic rings. The summed E-state index contributed by atoms with van der Waals surface area (Å²) in [7, 11) is -3.83. The number of ether oxygens (including phenoxy) is 1. The molecule has 0 aliphatic carbocycles. The van der Waals surface area contributed by atoms with Gasteiger partial charge in [-0.2, -0.15) is 0 Å². The van der Waals surface area contributed by atoms with Gasteiger partial charge in [0.25, 0.3) is 0 Å². The number of hydrogen-bond acceptors (Lipinski definition) is 5. The number of aromatic carboxylic acids is 1. The third-order valence-corrected chi connectivity index (χ3v) is 5.78. The van der Waals surface area contributed by atoms with Crippen molar-refractivity contribution < 1.29 is 23.1 Å². The Labute approximate surface area is 158 Å². The normalized spacial score (nSPS) is 17.0. The predicted octanol–water partition coefficient (Wildman–Crippen LogP) is 2.45. The average molecular weight is 390 g/mol. The van der Waals surface area contributed by atoms with Crippen LogP contribution in [0.3, 0.4) is 0 Å². The van der Waals surface area contributed by atoms with Crippen molar-refractivity contribution in [3.8, 4) is 0 Å². The summed E-state index contributed by atoms with van der Waals surface area (Å²) in [6.07, 6.45) is 1.95. The van der Waals surface area contributed by atoms with Crippen LogP contribution in [-0.4, -0.2) is 38.7 Å².